The highest BCUT2D eigenvalue weighted by molar-refractivity contribution is 5.80. The molecule has 1 aromatic heterocycles. The molecule has 2 amide bonds. The zero-order valence-corrected chi connectivity index (χ0v) is 13.4. The van der Waals surface area contributed by atoms with E-state index in [0.29, 0.717) is 19.5 Å². The van der Waals surface area contributed by atoms with Crippen LogP contribution in [-0.2, 0) is 9.53 Å². The van der Waals surface area contributed by atoms with Gasteiger partial charge in [0.15, 0.2) is 0 Å². The second-order valence-electron chi connectivity index (χ2n) is 5.12. The van der Waals surface area contributed by atoms with Gasteiger partial charge in [0.05, 0.1) is 24.0 Å². The van der Waals surface area contributed by atoms with Gasteiger partial charge in [0, 0.05) is 13.1 Å². The first-order valence-corrected chi connectivity index (χ1v) is 7.73. The third-order valence-corrected chi connectivity index (χ3v) is 3.43. The molecule has 23 heavy (non-hydrogen) atoms. The highest BCUT2D eigenvalue weighted by Crippen LogP contribution is 2.18. The van der Waals surface area contributed by atoms with Gasteiger partial charge < -0.3 is 19.9 Å². The molecule has 7 heteroatoms. The summed E-state index contributed by atoms with van der Waals surface area (Å²) in [4.78, 5) is 27.6. The number of para-hydroxylation sites is 2. The predicted octanol–water partition coefficient (Wildman–Crippen LogP) is 1.85. The molecule has 124 valence electrons. The second kappa shape index (κ2) is 8.17. The van der Waals surface area contributed by atoms with Gasteiger partial charge in [0.1, 0.15) is 6.04 Å². The number of ether oxygens (including phenoxy) is 1. The molecule has 0 fully saturated rings. The Morgan fingerprint density at radius 2 is 2.09 bits per heavy atom. The van der Waals surface area contributed by atoms with Crippen LogP contribution in [-0.4, -0.2) is 41.2 Å². The van der Waals surface area contributed by atoms with Gasteiger partial charge in [-0.2, -0.15) is 0 Å². The quantitative estimate of drug-likeness (QED) is 0.602. The third kappa shape index (κ3) is 4.45. The highest BCUT2D eigenvalue weighted by atomic mass is 16.5. The number of imidazole rings is 1. The minimum Gasteiger partial charge on any atom is -0.464 e. The number of nitrogens with zero attached hydrogens (tertiary/aromatic N) is 2. The third-order valence-electron chi connectivity index (χ3n) is 3.43. The smallest absolute Gasteiger partial charge is 0.328 e. The molecule has 0 saturated heterocycles. The van der Waals surface area contributed by atoms with Crippen LogP contribution in [0, 0.1) is 0 Å². The van der Waals surface area contributed by atoms with Crippen LogP contribution in [0.3, 0.4) is 0 Å². The van der Waals surface area contributed by atoms with E-state index in [4.69, 9.17) is 4.74 Å². The van der Waals surface area contributed by atoms with Crippen molar-refractivity contribution in [3.8, 4) is 0 Å². The van der Waals surface area contributed by atoms with E-state index in [1.165, 1.54) is 0 Å². The largest absolute Gasteiger partial charge is 0.464 e. The molecule has 1 atom stereocenters. The first-order chi connectivity index (χ1) is 11.1. The zero-order valence-electron chi connectivity index (χ0n) is 13.4. The molecule has 0 aliphatic carbocycles. The van der Waals surface area contributed by atoms with Gasteiger partial charge in [-0.15, -0.1) is 0 Å². The molecular weight excluding hydrogens is 296 g/mol. The number of hydrogen-bond acceptors (Lipinski definition) is 4. The summed E-state index contributed by atoms with van der Waals surface area (Å²) in [5.41, 5.74) is 1.74. The predicted molar refractivity (Wildman–Crippen MR) is 87.1 cm³/mol. The van der Waals surface area contributed by atoms with Crippen LogP contribution in [0.1, 0.15) is 26.3 Å². The van der Waals surface area contributed by atoms with Crippen molar-refractivity contribution in [2.24, 2.45) is 0 Å². The lowest BCUT2D eigenvalue weighted by Gasteiger charge is -2.14. The summed E-state index contributed by atoms with van der Waals surface area (Å²) in [5, 5.41) is 5.31. The van der Waals surface area contributed by atoms with E-state index < -0.39 is 6.04 Å². The molecule has 0 spiro atoms. The topological polar surface area (TPSA) is 85.3 Å². The van der Waals surface area contributed by atoms with Crippen molar-refractivity contribution in [1.82, 2.24) is 20.2 Å². The monoisotopic (exact) mass is 318 g/mol. The zero-order chi connectivity index (χ0) is 16.7. The van der Waals surface area contributed by atoms with Gasteiger partial charge >= 0.3 is 12.0 Å². The average molecular weight is 318 g/mol. The Morgan fingerprint density at radius 1 is 1.30 bits per heavy atom. The van der Waals surface area contributed by atoms with Crippen molar-refractivity contribution in [1.29, 1.82) is 0 Å². The number of benzene rings is 1. The van der Waals surface area contributed by atoms with E-state index in [9.17, 15) is 9.59 Å². The number of fused-ring (bicyclic) bond motifs is 1. The van der Waals surface area contributed by atoms with Crippen molar-refractivity contribution in [2.75, 3.05) is 19.7 Å². The Kier molecular flexibility index (Phi) is 5.96. The first-order valence-electron chi connectivity index (χ1n) is 7.73. The van der Waals surface area contributed by atoms with Crippen LogP contribution in [0.2, 0.25) is 0 Å². The van der Waals surface area contributed by atoms with Crippen molar-refractivity contribution in [2.45, 2.75) is 26.3 Å². The Morgan fingerprint density at radius 3 is 2.87 bits per heavy atom. The molecule has 1 heterocycles. The fourth-order valence-corrected chi connectivity index (χ4v) is 2.19. The number of carbonyl (C=O) groups is 2. The second-order valence-corrected chi connectivity index (χ2v) is 5.12. The molecule has 0 bridgehead atoms. The number of rotatable bonds is 7. The van der Waals surface area contributed by atoms with E-state index in [-0.39, 0.29) is 18.6 Å². The average Bonchev–Trinajstić information content (AvgIpc) is 2.98. The lowest BCUT2D eigenvalue weighted by molar-refractivity contribution is -0.147. The van der Waals surface area contributed by atoms with E-state index in [2.05, 4.69) is 15.6 Å². The number of aromatic nitrogens is 2. The number of urea groups is 1. The summed E-state index contributed by atoms with van der Waals surface area (Å²) in [5.74, 6) is -0.314. The Bertz CT molecular complexity index is 668. The van der Waals surface area contributed by atoms with Crippen molar-refractivity contribution in [3.05, 3.63) is 30.6 Å². The van der Waals surface area contributed by atoms with Crippen LogP contribution in [0.4, 0.5) is 4.79 Å². The van der Waals surface area contributed by atoms with Gasteiger partial charge in [-0.1, -0.05) is 12.1 Å². The summed E-state index contributed by atoms with van der Waals surface area (Å²) in [6.07, 6.45) is 2.22. The molecular formula is C16H22N4O3. The minimum absolute atomic E-state index is 0.211. The molecule has 0 aliphatic rings. The van der Waals surface area contributed by atoms with Gasteiger partial charge in [0.2, 0.25) is 0 Å². The summed E-state index contributed by atoms with van der Waals surface area (Å²) in [6, 6.07) is 6.98. The van der Waals surface area contributed by atoms with Gasteiger partial charge in [-0.3, -0.25) is 0 Å². The SMILES string of the molecule is CCNC(=O)NCCCOC(=O)C(C)n1cnc2ccccc21. The summed E-state index contributed by atoms with van der Waals surface area (Å²) < 4.78 is 7.06. The number of amides is 2. The van der Waals surface area contributed by atoms with E-state index >= 15 is 0 Å². The lowest BCUT2D eigenvalue weighted by atomic mass is 10.3. The molecule has 2 rings (SSSR count). The van der Waals surface area contributed by atoms with Gasteiger partial charge in [-0.25, -0.2) is 14.6 Å². The van der Waals surface area contributed by atoms with Crippen molar-refractivity contribution < 1.29 is 14.3 Å². The molecule has 1 aromatic carbocycles. The normalized spacial score (nSPS) is 11.9. The van der Waals surface area contributed by atoms with Crippen LogP contribution < -0.4 is 10.6 Å². The molecule has 2 aromatic rings. The molecule has 0 saturated carbocycles. The summed E-state index contributed by atoms with van der Waals surface area (Å²) in [6.45, 7) is 4.94. The van der Waals surface area contributed by atoms with Crippen LogP contribution in [0.5, 0.6) is 0 Å². The Labute approximate surface area is 135 Å². The van der Waals surface area contributed by atoms with Crippen molar-refractivity contribution in [3.63, 3.8) is 0 Å². The van der Waals surface area contributed by atoms with Crippen LogP contribution >= 0.6 is 0 Å². The van der Waals surface area contributed by atoms with E-state index in [0.717, 1.165) is 11.0 Å². The number of carbonyl (C=O) groups excluding carboxylic acids is 2. The summed E-state index contributed by atoms with van der Waals surface area (Å²) >= 11 is 0. The molecule has 1 unspecified atom stereocenters. The molecule has 0 radical (unpaired) electrons. The number of nitrogens with one attached hydrogen (secondary N) is 2. The van der Waals surface area contributed by atoms with Crippen molar-refractivity contribution >= 4 is 23.0 Å². The van der Waals surface area contributed by atoms with E-state index in [1.54, 1.807) is 17.8 Å². The molecule has 0 aliphatic heterocycles. The van der Waals surface area contributed by atoms with E-state index in [1.807, 2.05) is 31.2 Å². The van der Waals surface area contributed by atoms with Crippen LogP contribution in [0.15, 0.2) is 30.6 Å². The lowest BCUT2D eigenvalue weighted by Crippen LogP contribution is -2.36. The number of esters is 1. The van der Waals surface area contributed by atoms with Crippen LogP contribution in [0.25, 0.3) is 11.0 Å². The summed E-state index contributed by atoms with van der Waals surface area (Å²) in [7, 11) is 0. The fraction of sp³-hybridized carbons (Fsp3) is 0.438. The Balaban J connectivity index is 1.78. The fourth-order valence-electron chi connectivity index (χ4n) is 2.19. The number of hydrogen-bond donors (Lipinski definition) is 2. The highest BCUT2D eigenvalue weighted by Gasteiger charge is 2.18. The standard InChI is InChI=1S/C16H22N4O3/c1-3-17-16(22)18-9-6-10-23-15(21)12(2)20-11-19-13-7-4-5-8-14(13)20/h4-5,7-8,11-12H,3,6,9-10H2,1-2H3,(H2,17,18,22). The maximum Gasteiger partial charge on any atom is 0.328 e. The maximum absolute atomic E-state index is 12.1. The molecule has 2 N–H and O–H groups in total. The first kappa shape index (κ1) is 16.8. The maximum atomic E-state index is 12.1. The van der Waals surface area contributed by atoms with Gasteiger partial charge in [-0.05, 0) is 32.4 Å². The Hall–Kier alpha value is -2.57. The van der Waals surface area contributed by atoms with Gasteiger partial charge in [0.25, 0.3) is 0 Å². The molecule has 7 nitrogen and oxygen atoms in total. The minimum atomic E-state index is -0.446.